The number of para-hydroxylation sites is 1. The Morgan fingerprint density at radius 1 is 0.771 bits per heavy atom. The molecule has 3 N–H and O–H groups in total. The van der Waals surface area contributed by atoms with Gasteiger partial charge >= 0.3 is 6.03 Å². The lowest BCUT2D eigenvalue weighted by atomic mass is 10.2. The summed E-state index contributed by atoms with van der Waals surface area (Å²) in [5.41, 5.74) is 3.36. The molecule has 0 saturated heterocycles. The first-order valence-corrected chi connectivity index (χ1v) is 11.5. The molecule has 0 unspecified atom stereocenters. The third kappa shape index (κ3) is 5.77. The van der Waals surface area contributed by atoms with E-state index in [0.29, 0.717) is 44.1 Å². The van der Waals surface area contributed by atoms with Crippen molar-refractivity contribution < 1.29 is 19.1 Å². The van der Waals surface area contributed by atoms with E-state index in [1.807, 2.05) is 30.3 Å². The van der Waals surface area contributed by atoms with Gasteiger partial charge in [-0.05, 0) is 61.5 Å². The van der Waals surface area contributed by atoms with Crippen molar-refractivity contribution >= 4 is 40.3 Å². The third-order valence-electron chi connectivity index (χ3n) is 5.07. The van der Waals surface area contributed by atoms with E-state index in [2.05, 4.69) is 20.9 Å². The monoisotopic (exact) mass is 488 g/mol. The number of nitrogens with one attached hydrogen (secondary N) is 3. The van der Waals surface area contributed by atoms with Crippen LogP contribution in [0, 0.1) is 6.92 Å². The maximum atomic E-state index is 12.9. The quantitative estimate of drug-likeness (QED) is 0.295. The van der Waals surface area contributed by atoms with Gasteiger partial charge in [0.1, 0.15) is 9.88 Å². The van der Waals surface area contributed by atoms with Crippen LogP contribution in [0.15, 0.2) is 72.8 Å². The summed E-state index contributed by atoms with van der Waals surface area (Å²) in [7, 11) is 3.15. The van der Waals surface area contributed by atoms with Crippen LogP contribution in [0.3, 0.4) is 0 Å². The van der Waals surface area contributed by atoms with E-state index < -0.39 is 0 Å². The Bertz CT molecular complexity index is 1340. The predicted molar refractivity (Wildman–Crippen MR) is 139 cm³/mol. The number of carbonyl (C=O) groups is 2. The molecule has 0 saturated carbocycles. The van der Waals surface area contributed by atoms with Crippen LogP contribution in [0.5, 0.6) is 11.5 Å². The topological polar surface area (TPSA) is 102 Å². The Labute approximate surface area is 206 Å². The predicted octanol–water partition coefficient (Wildman–Crippen LogP) is 6.03. The summed E-state index contributed by atoms with van der Waals surface area (Å²) in [6.07, 6.45) is 0. The van der Waals surface area contributed by atoms with Crippen molar-refractivity contribution in [2.24, 2.45) is 0 Å². The lowest BCUT2D eigenvalue weighted by Gasteiger charge is -2.09. The summed E-state index contributed by atoms with van der Waals surface area (Å²) in [4.78, 5) is 30.1. The number of thiazole rings is 1. The number of hydrogen-bond acceptors (Lipinski definition) is 6. The number of rotatable bonds is 7. The Balaban J connectivity index is 1.41. The number of anilines is 3. The van der Waals surface area contributed by atoms with E-state index in [1.165, 1.54) is 11.3 Å². The molecule has 178 valence electrons. The standard InChI is InChI=1S/C26H24N4O4S/c1-16-23(35-25(27-16)17-9-14-21(33-2)22(15-17)34-3)24(31)28-19-10-12-20(13-11-19)30-26(32)29-18-7-5-4-6-8-18/h4-15H,1-3H3,(H,28,31)(H2,29,30,32). The minimum Gasteiger partial charge on any atom is -0.493 e. The SMILES string of the molecule is COc1ccc(-c2nc(C)c(C(=O)Nc3ccc(NC(=O)Nc4ccccc4)cc3)s2)cc1OC. The number of ether oxygens (including phenoxy) is 2. The second kappa shape index (κ2) is 10.7. The minimum absolute atomic E-state index is 0.255. The number of carbonyl (C=O) groups excluding carboxylic acids is 2. The molecule has 4 rings (SSSR count). The highest BCUT2D eigenvalue weighted by atomic mass is 32.1. The number of hydrogen-bond donors (Lipinski definition) is 3. The number of benzene rings is 3. The maximum absolute atomic E-state index is 12.9. The molecule has 0 bridgehead atoms. The molecule has 1 heterocycles. The Hall–Kier alpha value is -4.37. The van der Waals surface area contributed by atoms with Crippen LogP contribution in [-0.2, 0) is 0 Å². The van der Waals surface area contributed by atoms with Gasteiger partial charge in [0.25, 0.3) is 5.91 Å². The Morgan fingerprint density at radius 2 is 1.37 bits per heavy atom. The molecule has 0 fully saturated rings. The summed E-state index contributed by atoms with van der Waals surface area (Å²) in [6, 6.07) is 21.2. The highest BCUT2D eigenvalue weighted by molar-refractivity contribution is 7.17. The summed E-state index contributed by atoms with van der Waals surface area (Å²) < 4.78 is 10.7. The van der Waals surface area contributed by atoms with Gasteiger partial charge in [-0.25, -0.2) is 9.78 Å². The second-order valence-corrected chi connectivity index (χ2v) is 8.48. The number of nitrogens with zero attached hydrogens (tertiary/aromatic N) is 1. The number of methoxy groups -OCH3 is 2. The highest BCUT2D eigenvalue weighted by Gasteiger charge is 2.18. The molecule has 0 spiro atoms. The van der Waals surface area contributed by atoms with E-state index in [-0.39, 0.29) is 11.9 Å². The van der Waals surface area contributed by atoms with Crippen LogP contribution in [0.2, 0.25) is 0 Å². The molecule has 0 aliphatic carbocycles. The molecular formula is C26H24N4O4S. The van der Waals surface area contributed by atoms with Crippen LogP contribution < -0.4 is 25.4 Å². The fourth-order valence-electron chi connectivity index (χ4n) is 3.34. The smallest absolute Gasteiger partial charge is 0.323 e. The van der Waals surface area contributed by atoms with Crippen LogP contribution in [0.4, 0.5) is 21.9 Å². The molecule has 8 nitrogen and oxygen atoms in total. The number of aryl methyl sites for hydroxylation is 1. The first-order chi connectivity index (χ1) is 17.0. The second-order valence-electron chi connectivity index (χ2n) is 7.48. The van der Waals surface area contributed by atoms with Gasteiger partial charge in [-0.15, -0.1) is 11.3 Å². The lowest BCUT2D eigenvalue weighted by Crippen LogP contribution is -2.19. The molecule has 9 heteroatoms. The molecule has 0 atom stereocenters. The van der Waals surface area contributed by atoms with Crippen molar-refractivity contribution in [3.05, 3.63) is 83.4 Å². The summed E-state index contributed by atoms with van der Waals surface area (Å²) in [5, 5.41) is 9.10. The first kappa shape index (κ1) is 23.8. The summed E-state index contributed by atoms with van der Waals surface area (Å²) in [5.74, 6) is 0.960. The van der Waals surface area contributed by atoms with Gasteiger partial charge in [-0.2, -0.15) is 0 Å². The van der Waals surface area contributed by atoms with E-state index in [1.54, 1.807) is 63.6 Å². The van der Waals surface area contributed by atoms with Gasteiger partial charge in [0, 0.05) is 22.6 Å². The zero-order valence-electron chi connectivity index (χ0n) is 19.4. The van der Waals surface area contributed by atoms with Gasteiger partial charge in [-0.1, -0.05) is 18.2 Å². The van der Waals surface area contributed by atoms with Crippen LogP contribution >= 0.6 is 11.3 Å². The van der Waals surface area contributed by atoms with Crippen molar-refractivity contribution in [3.8, 4) is 22.1 Å². The van der Waals surface area contributed by atoms with E-state index in [9.17, 15) is 9.59 Å². The molecule has 35 heavy (non-hydrogen) atoms. The van der Waals surface area contributed by atoms with Crippen molar-refractivity contribution in [3.63, 3.8) is 0 Å². The Morgan fingerprint density at radius 3 is 2.00 bits per heavy atom. The minimum atomic E-state index is -0.351. The van der Waals surface area contributed by atoms with Gasteiger partial charge in [0.15, 0.2) is 11.5 Å². The van der Waals surface area contributed by atoms with Gasteiger partial charge in [0.2, 0.25) is 0 Å². The van der Waals surface area contributed by atoms with Crippen molar-refractivity contribution in [2.45, 2.75) is 6.92 Å². The molecular weight excluding hydrogens is 464 g/mol. The zero-order chi connectivity index (χ0) is 24.8. The molecule has 0 aliphatic rings. The third-order valence-corrected chi connectivity index (χ3v) is 6.27. The molecule has 4 aromatic rings. The van der Waals surface area contributed by atoms with Gasteiger partial charge in [-0.3, -0.25) is 4.79 Å². The highest BCUT2D eigenvalue weighted by Crippen LogP contribution is 2.35. The fraction of sp³-hybridized carbons (Fsp3) is 0.115. The van der Waals surface area contributed by atoms with Crippen LogP contribution in [0.1, 0.15) is 15.4 Å². The lowest BCUT2D eigenvalue weighted by molar-refractivity contribution is 0.102. The Kier molecular flexibility index (Phi) is 7.27. The number of aromatic nitrogens is 1. The van der Waals surface area contributed by atoms with E-state index in [4.69, 9.17) is 9.47 Å². The van der Waals surface area contributed by atoms with Gasteiger partial charge < -0.3 is 25.4 Å². The van der Waals surface area contributed by atoms with Crippen molar-refractivity contribution in [1.29, 1.82) is 0 Å². The summed E-state index contributed by atoms with van der Waals surface area (Å²) >= 11 is 1.30. The number of urea groups is 1. The maximum Gasteiger partial charge on any atom is 0.323 e. The first-order valence-electron chi connectivity index (χ1n) is 10.7. The van der Waals surface area contributed by atoms with E-state index >= 15 is 0 Å². The molecule has 3 amide bonds. The van der Waals surface area contributed by atoms with Crippen molar-refractivity contribution in [1.82, 2.24) is 4.98 Å². The molecule has 0 aliphatic heterocycles. The normalized spacial score (nSPS) is 10.4. The number of amides is 3. The largest absolute Gasteiger partial charge is 0.493 e. The van der Waals surface area contributed by atoms with Crippen LogP contribution in [0.25, 0.3) is 10.6 Å². The van der Waals surface area contributed by atoms with Crippen molar-refractivity contribution in [2.75, 3.05) is 30.2 Å². The van der Waals surface area contributed by atoms with E-state index in [0.717, 1.165) is 5.56 Å². The molecule has 0 radical (unpaired) electrons. The average molecular weight is 489 g/mol. The molecule has 3 aromatic carbocycles. The zero-order valence-corrected chi connectivity index (χ0v) is 20.2. The fourth-order valence-corrected chi connectivity index (χ4v) is 4.30. The molecule has 1 aromatic heterocycles. The summed E-state index contributed by atoms with van der Waals surface area (Å²) in [6.45, 7) is 1.80. The average Bonchev–Trinajstić information content (AvgIpc) is 3.27. The van der Waals surface area contributed by atoms with Gasteiger partial charge in [0.05, 0.1) is 19.9 Å². The van der Waals surface area contributed by atoms with Crippen LogP contribution in [-0.4, -0.2) is 31.1 Å².